The molecule has 0 radical (unpaired) electrons. The fourth-order valence-corrected chi connectivity index (χ4v) is 4.69. The number of carbonyl (C=O) groups excluding carboxylic acids is 1. The minimum Gasteiger partial charge on any atom is -0.352 e. The highest BCUT2D eigenvalue weighted by atomic mass is 16.2. The molecular weight excluding hydrogens is 414 g/mol. The van der Waals surface area contributed by atoms with Gasteiger partial charge in [0, 0.05) is 71.4 Å². The lowest BCUT2D eigenvalue weighted by Gasteiger charge is -2.37. The normalized spacial score (nSPS) is 16.7. The summed E-state index contributed by atoms with van der Waals surface area (Å²) in [6.45, 7) is 9.79. The summed E-state index contributed by atoms with van der Waals surface area (Å²) in [4.78, 5) is 28.8. The summed E-state index contributed by atoms with van der Waals surface area (Å²) in [5.41, 5.74) is 6.48. The largest absolute Gasteiger partial charge is 0.352 e. The van der Waals surface area contributed by atoms with Gasteiger partial charge in [0.05, 0.1) is 24.1 Å². The highest BCUT2D eigenvalue weighted by Gasteiger charge is 2.27. The third kappa shape index (κ3) is 4.48. The van der Waals surface area contributed by atoms with Crippen molar-refractivity contribution < 1.29 is 4.79 Å². The van der Waals surface area contributed by atoms with Crippen LogP contribution in [0, 0.1) is 6.92 Å². The molecule has 0 saturated carbocycles. The first-order valence-electron chi connectivity index (χ1n) is 11.6. The molecule has 8 nitrogen and oxygen atoms in total. The van der Waals surface area contributed by atoms with Crippen LogP contribution in [0.1, 0.15) is 29.4 Å². The number of hydrogen-bond acceptors (Lipinski definition) is 6. The summed E-state index contributed by atoms with van der Waals surface area (Å²) in [6.07, 6.45) is 4.58. The topological polar surface area (TPSA) is 70.4 Å². The van der Waals surface area contributed by atoms with E-state index < -0.39 is 0 Å². The predicted octanol–water partition coefficient (Wildman–Crippen LogP) is 2.41. The van der Waals surface area contributed by atoms with Crippen molar-refractivity contribution in [1.29, 1.82) is 0 Å². The van der Waals surface area contributed by atoms with Crippen LogP contribution < -0.4 is 4.90 Å². The number of benzene rings is 1. The predicted molar refractivity (Wildman–Crippen MR) is 128 cm³/mol. The number of anilines is 1. The number of amides is 1. The van der Waals surface area contributed by atoms with Gasteiger partial charge in [-0.1, -0.05) is 24.3 Å². The molecule has 5 rings (SSSR count). The standard InChI is InChI=1S/C25H31N7O/c1-18-6-4-5-7-20(18)16-30-10-12-31(13-11-30)25-24(21-14-26-29(3)15-21)27-23-17-32(19(2)33)9-8-22(23)28-25/h4-7,14-15H,8-13,16-17H2,1-3H3. The summed E-state index contributed by atoms with van der Waals surface area (Å²) in [6, 6.07) is 8.62. The summed E-state index contributed by atoms with van der Waals surface area (Å²) >= 11 is 0. The number of aromatic nitrogens is 4. The summed E-state index contributed by atoms with van der Waals surface area (Å²) in [5, 5.41) is 4.36. The van der Waals surface area contributed by atoms with E-state index in [1.165, 1.54) is 11.1 Å². The van der Waals surface area contributed by atoms with E-state index in [1.807, 2.05) is 24.3 Å². The Hall–Kier alpha value is -3.26. The molecule has 1 saturated heterocycles. The van der Waals surface area contributed by atoms with Gasteiger partial charge in [-0.25, -0.2) is 9.97 Å². The second-order valence-electron chi connectivity index (χ2n) is 9.07. The number of hydrogen-bond donors (Lipinski definition) is 0. The third-order valence-electron chi connectivity index (χ3n) is 6.74. The first-order valence-corrected chi connectivity index (χ1v) is 11.6. The van der Waals surface area contributed by atoms with E-state index in [2.05, 4.69) is 46.1 Å². The van der Waals surface area contributed by atoms with Crippen molar-refractivity contribution in [3.63, 3.8) is 0 Å². The van der Waals surface area contributed by atoms with Crippen LogP contribution >= 0.6 is 0 Å². The maximum Gasteiger partial charge on any atom is 0.219 e. The molecule has 0 spiro atoms. The van der Waals surface area contributed by atoms with Gasteiger partial charge in [0.1, 0.15) is 5.69 Å². The lowest BCUT2D eigenvalue weighted by Crippen LogP contribution is -2.46. The van der Waals surface area contributed by atoms with E-state index in [0.29, 0.717) is 13.1 Å². The number of carbonyl (C=O) groups is 1. The average molecular weight is 446 g/mol. The van der Waals surface area contributed by atoms with Crippen molar-refractivity contribution >= 4 is 11.7 Å². The van der Waals surface area contributed by atoms with Crippen LogP contribution in [0.15, 0.2) is 36.7 Å². The molecule has 0 N–H and O–H groups in total. The molecular formula is C25H31N7O. The first-order chi connectivity index (χ1) is 16.0. The molecule has 2 aromatic heterocycles. The van der Waals surface area contributed by atoms with Crippen molar-refractivity contribution in [1.82, 2.24) is 29.5 Å². The Morgan fingerprint density at radius 2 is 1.82 bits per heavy atom. The molecule has 0 bridgehead atoms. The van der Waals surface area contributed by atoms with Crippen molar-refractivity contribution in [2.45, 2.75) is 33.4 Å². The quantitative estimate of drug-likeness (QED) is 0.614. The molecule has 2 aliphatic heterocycles. The molecule has 1 aromatic carbocycles. The molecule has 1 fully saturated rings. The zero-order valence-electron chi connectivity index (χ0n) is 19.7. The molecule has 33 heavy (non-hydrogen) atoms. The van der Waals surface area contributed by atoms with Crippen molar-refractivity contribution in [2.75, 3.05) is 37.6 Å². The van der Waals surface area contributed by atoms with E-state index in [4.69, 9.17) is 9.97 Å². The van der Waals surface area contributed by atoms with Crippen LogP contribution in [-0.4, -0.2) is 68.2 Å². The Kier molecular flexibility index (Phi) is 5.85. The van der Waals surface area contributed by atoms with Crippen molar-refractivity contribution in [3.05, 3.63) is 59.2 Å². The highest BCUT2D eigenvalue weighted by Crippen LogP contribution is 2.31. The molecule has 0 unspecified atom stereocenters. The Balaban J connectivity index is 1.39. The first kappa shape index (κ1) is 21.6. The van der Waals surface area contributed by atoms with Gasteiger partial charge in [0.15, 0.2) is 5.82 Å². The van der Waals surface area contributed by atoms with Crippen molar-refractivity contribution in [3.8, 4) is 11.3 Å². The summed E-state index contributed by atoms with van der Waals surface area (Å²) in [5.74, 6) is 1.02. The molecule has 172 valence electrons. The molecule has 2 aliphatic rings. The number of nitrogens with zero attached hydrogens (tertiary/aromatic N) is 7. The van der Waals surface area contributed by atoms with Crippen molar-refractivity contribution in [2.24, 2.45) is 7.05 Å². The van der Waals surface area contributed by atoms with Crippen LogP contribution in [0.5, 0.6) is 0 Å². The van der Waals surface area contributed by atoms with Gasteiger partial charge in [-0.2, -0.15) is 5.10 Å². The van der Waals surface area contributed by atoms with Crippen LogP contribution in [0.3, 0.4) is 0 Å². The van der Waals surface area contributed by atoms with Crippen LogP contribution in [0.2, 0.25) is 0 Å². The van der Waals surface area contributed by atoms with Gasteiger partial charge in [0.25, 0.3) is 0 Å². The molecule has 3 aromatic rings. The van der Waals surface area contributed by atoms with Gasteiger partial charge in [-0.05, 0) is 18.1 Å². The monoisotopic (exact) mass is 445 g/mol. The Morgan fingerprint density at radius 3 is 2.52 bits per heavy atom. The summed E-state index contributed by atoms with van der Waals surface area (Å²) in [7, 11) is 1.91. The van der Waals surface area contributed by atoms with Gasteiger partial charge >= 0.3 is 0 Å². The second kappa shape index (κ2) is 8.94. The molecule has 8 heteroatoms. The highest BCUT2D eigenvalue weighted by molar-refractivity contribution is 5.74. The fourth-order valence-electron chi connectivity index (χ4n) is 4.69. The van der Waals surface area contributed by atoms with E-state index in [-0.39, 0.29) is 5.91 Å². The van der Waals surface area contributed by atoms with Gasteiger partial charge in [-0.15, -0.1) is 0 Å². The third-order valence-corrected chi connectivity index (χ3v) is 6.74. The molecule has 0 aliphatic carbocycles. The van der Waals surface area contributed by atoms with E-state index in [9.17, 15) is 4.79 Å². The zero-order valence-corrected chi connectivity index (χ0v) is 19.7. The Labute approximate surface area is 194 Å². The molecule has 0 atom stereocenters. The Bertz CT molecular complexity index is 1160. The fraction of sp³-hybridized carbons (Fsp3) is 0.440. The maximum atomic E-state index is 11.9. The zero-order chi connectivity index (χ0) is 22.9. The van der Waals surface area contributed by atoms with E-state index in [1.54, 1.807) is 11.6 Å². The van der Waals surface area contributed by atoms with Crippen LogP contribution in [0.25, 0.3) is 11.3 Å². The summed E-state index contributed by atoms with van der Waals surface area (Å²) < 4.78 is 1.79. The number of fused-ring (bicyclic) bond motifs is 1. The smallest absolute Gasteiger partial charge is 0.219 e. The Morgan fingerprint density at radius 1 is 1.03 bits per heavy atom. The molecule has 4 heterocycles. The van der Waals surface area contributed by atoms with Crippen LogP contribution in [0.4, 0.5) is 5.82 Å². The van der Waals surface area contributed by atoms with Gasteiger partial charge in [0.2, 0.25) is 5.91 Å². The minimum atomic E-state index is 0.0826. The number of rotatable bonds is 4. The average Bonchev–Trinajstić information content (AvgIpc) is 3.26. The lowest BCUT2D eigenvalue weighted by atomic mass is 10.1. The van der Waals surface area contributed by atoms with Crippen LogP contribution in [-0.2, 0) is 31.4 Å². The SMILES string of the molecule is CC(=O)N1CCc2nc(N3CCN(Cc4ccccc4C)CC3)c(-c3cnn(C)c3)nc2C1. The van der Waals surface area contributed by atoms with E-state index >= 15 is 0 Å². The minimum absolute atomic E-state index is 0.0826. The second-order valence-corrected chi connectivity index (χ2v) is 9.07. The number of aryl methyl sites for hydroxylation is 2. The molecule has 1 amide bonds. The van der Waals surface area contributed by atoms with Gasteiger partial charge < -0.3 is 9.80 Å². The van der Waals surface area contributed by atoms with Gasteiger partial charge in [-0.3, -0.25) is 14.4 Å². The number of piperazine rings is 1. The maximum absolute atomic E-state index is 11.9. The van der Waals surface area contributed by atoms with E-state index in [0.717, 1.165) is 67.6 Å². The lowest BCUT2D eigenvalue weighted by molar-refractivity contribution is -0.129.